The van der Waals surface area contributed by atoms with Gasteiger partial charge in [-0.2, -0.15) is 0 Å². The number of esters is 2. The molecule has 9 nitrogen and oxygen atoms in total. The van der Waals surface area contributed by atoms with Crippen molar-refractivity contribution < 1.29 is 42.1 Å². The summed E-state index contributed by atoms with van der Waals surface area (Å²) >= 11 is 0. The molecule has 0 spiro atoms. The lowest BCUT2D eigenvalue weighted by Gasteiger charge is -2.24. The maximum atomic E-state index is 12.7. The lowest BCUT2D eigenvalue weighted by atomic mass is 10.1. The molecule has 0 radical (unpaired) electrons. The van der Waals surface area contributed by atoms with Gasteiger partial charge in [0, 0.05) is 12.8 Å². The number of ether oxygens (including phenoxy) is 2. The molecule has 0 fully saturated rings. The maximum absolute atomic E-state index is 12.7. The Labute approximate surface area is 390 Å². The van der Waals surface area contributed by atoms with Crippen LogP contribution in [0.5, 0.6) is 0 Å². The van der Waals surface area contributed by atoms with Crippen molar-refractivity contribution in [1.29, 1.82) is 0 Å². The number of phosphoric ester groups is 1. The third-order valence-corrected chi connectivity index (χ3v) is 10.5. The summed E-state index contributed by atoms with van der Waals surface area (Å²) in [5.41, 5.74) is 0. The monoisotopic (exact) mass is 911 g/mol. The number of phosphoric acid groups is 1. The second-order valence-electron chi connectivity index (χ2n) is 16.7. The topological polar surface area (TPSA) is 108 Å². The minimum atomic E-state index is -4.40. The van der Waals surface area contributed by atoms with Gasteiger partial charge in [0.25, 0.3) is 0 Å². The van der Waals surface area contributed by atoms with Gasteiger partial charge in [-0.15, -0.1) is 0 Å². The predicted molar refractivity (Wildman–Crippen MR) is 270 cm³/mol. The molecule has 64 heavy (non-hydrogen) atoms. The largest absolute Gasteiger partial charge is 0.472 e. The van der Waals surface area contributed by atoms with Crippen LogP contribution in [0.1, 0.15) is 155 Å². The van der Waals surface area contributed by atoms with Gasteiger partial charge in [-0.1, -0.05) is 161 Å². The van der Waals surface area contributed by atoms with Crippen LogP contribution < -0.4 is 0 Å². The molecule has 0 aliphatic rings. The summed E-state index contributed by atoms with van der Waals surface area (Å²) < 4.78 is 34.3. The molecule has 0 amide bonds. The highest BCUT2D eigenvalue weighted by atomic mass is 31.2. The zero-order valence-corrected chi connectivity index (χ0v) is 41.6. The van der Waals surface area contributed by atoms with Crippen molar-refractivity contribution in [3.63, 3.8) is 0 Å². The summed E-state index contributed by atoms with van der Waals surface area (Å²) in [7, 11) is 1.42. The molecule has 0 aromatic carbocycles. The van der Waals surface area contributed by atoms with E-state index in [9.17, 15) is 19.0 Å². The highest BCUT2D eigenvalue weighted by Crippen LogP contribution is 2.43. The number of carbonyl (C=O) groups is 2. The minimum Gasteiger partial charge on any atom is -0.462 e. The molecule has 0 saturated carbocycles. The number of hydrogen-bond donors (Lipinski definition) is 1. The summed E-state index contributed by atoms with van der Waals surface area (Å²) in [4.78, 5) is 35.4. The van der Waals surface area contributed by atoms with Gasteiger partial charge < -0.3 is 18.9 Å². The predicted octanol–water partition coefficient (Wildman–Crippen LogP) is 14.5. The molecule has 0 aliphatic carbocycles. The molecule has 0 bridgehead atoms. The zero-order valence-electron chi connectivity index (χ0n) is 40.7. The normalized spacial score (nSPS) is 14.5. The van der Waals surface area contributed by atoms with E-state index in [1.54, 1.807) is 0 Å². The number of allylic oxidation sites excluding steroid dienone is 20. The molecular weight excluding hydrogens is 822 g/mol. The Bertz CT molecular complexity index is 1490. The van der Waals surface area contributed by atoms with Crippen molar-refractivity contribution in [2.75, 3.05) is 47.5 Å². The molecule has 2 unspecified atom stereocenters. The minimum absolute atomic E-state index is 0.0150. The summed E-state index contributed by atoms with van der Waals surface area (Å²) in [5, 5.41) is 0. The Hall–Kier alpha value is -3.59. The molecule has 0 saturated heterocycles. The highest BCUT2D eigenvalue weighted by Gasteiger charge is 2.27. The third-order valence-electron chi connectivity index (χ3n) is 9.49. The van der Waals surface area contributed by atoms with Gasteiger partial charge in [0.1, 0.15) is 19.8 Å². The van der Waals surface area contributed by atoms with Gasteiger partial charge in [0.15, 0.2) is 6.10 Å². The van der Waals surface area contributed by atoms with Crippen LogP contribution in [0.3, 0.4) is 0 Å². The van der Waals surface area contributed by atoms with E-state index in [2.05, 4.69) is 135 Å². The Morgan fingerprint density at radius 3 is 1.27 bits per heavy atom. The van der Waals surface area contributed by atoms with E-state index in [1.807, 2.05) is 21.1 Å². The standard InChI is InChI=1S/C54H88NO8P/c1-6-8-10-12-14-16-18-20-21-22-23-24-25-26-27-28-29-30-31-32-33-35-37-39-41-43-45-47-54(57)63-52(51-62-64(58,59)61-49-48-55(3,4)5)50-60-53(56)46-44-42-40-38-36-34-19-17-15-13-11-9-7-2/h8-11,14-17,20-21,23-24,26-27,29-30,32-34,36,52H,6-7,12-13,18-19,22,25,28,31,35,37-51H2,1-5H3/p+1/b10-8-,11-9-,16-14-,17-15-,21-20-,24-23-,27-26-,30-29-,33-32-,36-34-. The van der Waals surface area contributed by atoms with Crippen LogP contribution in [-0.4, -0.2) is 74.9 Å². The molecule has 0 rings (SSSR count). The SMILES string of the molecule is CC/C=C\C/C=C\C/C=C\C/C=C\C/C=C\C/C=C\C/C=C\CCCCCCCC(=O)OC(COC(=O)CCCCC/C=C\C/C=C\C/C=C\CC)COP(=O)(O)OCC[N+](C)(C)C. The fourth-order valence-corrected chi connectivity index (χ4v) is 6.51. The molecule has 0 aliphatic heterocycles. The molecule has 1 N–H and O–H groups in total. The van der Waals surface area contributed by atoms with E-state index in [4.69, 9.17) is 18.5 Å². The summed E-state index contributed by atoms with van der Waals surface area (Å²) in [6, 6.07) is 0. The molecule has 0 heterocycles. The van der Waals surface area contributed by atoms with Gasteiger partial charge in [0.05, 0.1) is 27.7 Å². The van der Waals surface area contributed by atoms with Crippen LogP contribution in [0, 0.1) is 0 Å². The number of likely N-dealkylation sites (N-methyl/N-ethyl adjacent to an activating group) is 1. The zero-order chi connectivity index (χ0) is 47.1. The second-order valence-corrected chi connectivity index (χ2v) is 18.2. The van der Waals surface area contributed by atoms with Crippen molar-refractivity contribution in [1.82, 2.24) is 0 Å². The number of carbonyl (C=O) groups excluding carboxylic acids is 2. The average Bonchev–Trinajstić information content (AvgIpc) is 3.25. The first-order valence-corrected chi connectivity index (χ1v) is 25.8. The second kappa shape index (κ2) is 44.6. The molecule has 362 valence electrons. The first-order chi connectivity index (χ1) is 31.0. The average molecular weight is 911 g/mol. The number of nitrogens with zero attached hydrogens (tertiary/aromatic N) is 1. The maximum Gasteiger partial charge on any atom is 0.472 e. The summed E-state index contributed by atoms with van der Waals surface area (Å²) in [5.74, 6) is -0.869. The summed E-state index contributed by atoms with van der Waals surface area (Å²) in [6.45, 7) is 4.10. The van der Waals surface area contributed by atoms with Crippen LogP contribution >= 0.6 is 7.82 Å². The Morgan fingerprint density at radius 1 is 0.484 bits per heavy atom. The van der Waals surface area contributed by atoms with Gasteiger partial charge in [0.2, 0.25) is 0 Å². The molecule has 0 aromatic rings. The van der Waals surface area contributed by atoms with Crippen LogP contribution in [0.4, 0.5) is 0 Å². The van der Waals surface area contributed by atoms with Crippen molar-refractivity contribution in [3.05, 3.63) is 122 Å². The molecule has 0 aromatic heterocycles. The van der Waals surface area contributed by atoms with Crippen LogP contribution in [-0.2, 0) is 32.7 Å². The van der Waals surface area contributed by atoms with E-state index in [0.717, 1.165) is 116 Å². The van der Waals surface area contributed by atoms with Crippen molar-refractivity contribution in [2.45, 2.75) is 161 Å². The number of rotatable bonds is 42. The van der Waals surface area contributed by atoms with Crippen molar-refractivity contribution in [3.8, 4) is 0 Å². The van der Waals surface area contributed by atoms with Crippen LogP contribution in [0.2, 0.25) is 0 Å². The quantitative estimate of drug-likeness (QED) is 0.0212. The number of quaternary nitrogens is 1. The van der Waals surface area contributed by atoms with Crippen LogP contribution in [0.25, 0.3) is 0 Å². The van der Waals surface area contributed by atoms with E-state index in [1.165, 1.54) is 0 Å². The van der Waals surface area contributed by atoms with E-state index >= 15 is 0 Å². The summed E-state index contributed by atoms with van der Waals surface area (Å²) in [6.07, 6.45) is 62.6. The lowest BCUT2D eigenvalue weighted by molar-refractivity contribution is -0.870. The fraction of sp³-hybridized carbons (Fsp3) is 0.593. The van der Waals surface area contributed by atoms with E-state index in [0.29, 0.717) is 23.9 Å². The smallest absolute Gasteiger partial charge is 0.462 e. The van der Waals surface area contributed by atoms with Gasteiger partial charge in [-0.3, -0.25) is 18.6 Å². The van der Waals surface area contributed by atoms with E-state index < -0.39 is 32.5 Å². The van der Waals surface area contributed by atoms with Gasteiger partial charge >= 0.3 is 19.8 Å². The Morgan fingerprint density at radius 2 is 0.844 bits per heavy atom. The lowest BCUT2D eigenvalue weighted by Crippen LogP contribution is -2.37. The molecular formula is C54H89NO8P+. The van der Waals surface area contributed by atoms with Crippen LogP contribution in [0.15, 0.2) is 122 Å². The number of hydrogen-bond acceptors (Lipinski definition) is 7. The van der Waals surface area contributed by atoms with E-state index in [-0.39, 0.29) is 26.1 Å². The molecule has 2 atom stereocenters. The van der Waals surface area contributed by atoms with Crippen molar-refractivity contribution in [2.24, 2.45) is 0 Å². The fourth-order valence-electron chi connectivity index (χ4n) is 5.77. The van der Waals surface area contributed by atoms with Gasteiger partial charge in [-0.05, 0) is 103 Å². The third kappa shape index (κ3) is 47.9. The first-order valence-electron chi connectivity index (χ1n) is 24.3. The Balaban J connectivity index is 4.36. The highest BCUT2D eigenvalue weighted by molar-refractivity contribution is 7.47. The Kier molecular flexibility index (Phi) is 42.1. The molecule has 10 heteroatoms. The number of unbranched alkanes of at least 4 members (excludes halogenated alkanes) is 8. The first kappa shape index (κ1) is 60.4. The van der Waals surface area contributed by atoms with Crippen molar-refractivity contribution >= 4 is 19.8 Å². The van der Waals surface area contributed by atoms with Gasteiger partial charge in [-0.25, -0.2) is 4.57 Å².